The third-order valence-corrected chi connectivity index (χ3v) is 4.59. The highest BCUT2D eigenvalue weighted by atomic mass is 35.5. The summed E-state index contributed by atoms with van der Waals surface area (Å²) in [5.74, 6) is 0.825. The first-order chi connectivity index (χ1) is 13.0. The van der Waals surface area contributed by atoms with E-state index in [0.29, 0.717) is 28.3 Å². The molecule has 2 N–H and O–H groups in total. The van der Waals surface area contributed by atoms with E-state index in [1.807, 2.05) is 49.5 Å². The van der Waals surface area contributed by atoms with E-state index < -0.39 is 0 Å². The van der Waals surface area contributed by atoms with Crippen LogP contribution in [0.4, 0.5) is 11.4 Å². The van der Waals surface area contributed by atoms with Gasteiger partial charge in [0.25, 0.3) is 0 Å². The number of ether oxygens (including phenoxy) is 1. The maximum absolute atomic E-state index is 6.05. The van der Waals surface area contributed by atoms with Crippen LogP contribution in [0.2, 0.25) is 10.0 Å². The van der Waals surface area contributed by atoms with Gasteiger partial charge in [-0.15, -0.1) is 0 Å². The minimum atomic E-state index is 0.480. The first kappa shape index (κ1) is 19.5. The van der Waals surface area contributed by atoms with Crippen LogP contribution in [0.25, 0.3) is 0 Å². The number of hydrogen-bond acceptors (Lipinski definition) is 3. The Hall–Kier alpha value is -2.28. The number of nitrogens with one attached hydrogen (secondary N) is 2. The molecule has 1 aromatic heterocycles. The molecule has 140 valence electrons. The Labute approximate surface area is 173 Å². The molecule has 0 saturated carbocycles. The molecular formula is C19H18Cl2N4OS. The number of aromatic nitrogens is 2. The molecule has 3 aromatic rings. The topological polar surface area (TPSA) is 51.1 Å². The summed E-state index contributed by atoms with van der Waals surface area (Å²) in [6.07, 6.45) is 3.58. The highest BCUT2D eigenvalue weighted by molar-refractivity contribution is 7.80. The van der Waals surface area contributed by atoms with Crippen molar-refractivity contribution in [3.8, 4) is 5.75 Å². The second-order valence-corrected chi connectivity index (χ2v) is 6.93. The Bertz CT molecular complexity index is 928. The summed E-state index contributed by atoms with van der Waals surface area (Å²) in [7, 11) is 0. The molecule has 0 amide bonds. The number of anilines is 2. The fourth-order valence-electron chi connectivity index (χ4n) is 2.43. The molecule has 0 aliphatic carbocycles. The van der Waals surface area contributed by atoms with Gasteiger partial charge in [0, 0.05) is 11.9 Å². The Balaban J connectivity index is 1.56. The van der Waals surface area contributed by atoms with Crippen molar-refractivity contribution in [2.24, 2.45) is 0 Å². The van der Waals surface area contributed by atoms with Gasteiger partial charge in [0.15, 0.2) is 5.11 Å². The van der Waals surface area contributed by atoms with Gasteiger partial charge in [0.1, 0.15) is 5.75 Å². The molecule has 0 spiro atoms. The molecule has 0 saturated heterocycles. The van der Waals surface area contributed by atoms with Gasteiger partial charge in [-0.25, -0.2) is 0 Å². The van der Waals surface area contributed by atoms with E-state index in [1.54, 1.807) is 16.9 Å². The standard InChI is InChI=1S/C19H18Cl2N4OS/c1-2-26-16-6-4-14(5-7-16)23-19(27)24-15-10-22-25(12-15)11-13-3-8-17(20)18(21)9-13/h3-10,12H,2,11H2,1H3,(H2,23,24,27). The maximum atomic E-state index is 6.05. The van der Waals surface area contributed by atoms with Gasteiger partial charge < -0.3 is 15.4 Å². The van der Waals surface area contributed by atoms with Crippen LogP contribution < -0.4 is 15.4 Å². The van der Waals surface area contributed by atoms with Crippen molar-refractivity contribution in [1.29, 1.82) is 0 Å². The molecule has 0 bridgehead atoms. The molecule has 3 rings (SSSR count). The van der Waals surface area contributed by atoms with E-state index in [-0.39, 0.29) is 0 Å². The van der Waals surface area contributed by atoms with Crippen molar-refractivity contribution in [1.82, 2.24) is 9.78 Å². The lowest BCUT2D eigenvalue weighted by atomic mass is 10.2. The first-order valence-electron chi connectivity index (χ1n) is 8.30. The molecular weight excluding hydrogens is 403 g/mol. The molecule has 8 heteroatoms. The van der Waals surface area contributed by atoms with E-state index in [9.17, 15) is 0 Å². The Morgan fingerprint density at radius 2 is 1.81 bits per heavy atom. The fourth-order valence-corrected chi connectivity index (χ4v) is 2.99. The predicted octanol–water partition coefficient (Wildman–Crippen LogP) is 5.45. The fraction of sp³-hybridized carbons (Fsp3) is 0.158. The van der Waals surface area contributed by atoms with Gasteiger partial charge in [-0.3, -0.25) is 4.68 Å². The highest BCUT2D eigenvalue weighted by Crippen LogP contribution is 2.23. The van der Waals surface area contributed by atoms with E-state index in [1.165, 1.54) is 0 Å². The number of benzene rings is 2. The van der Waals surface area contributed by atoms with Crippen LogP contribution in [0, 0.1) is 0 Å². The molecule has 2 aromatic carbocycles. The smallest absolute Gasteiger partial charge is 0.175 e. The molecule has 0 aliphatic heterocycles. The third kappa shape index (κ3) is 5.60. The molecule has 0 radical (unpaired) electrons. The molecule has 5 nitrogen and oxygen atoms in total. The number of halogens is 2. The molecule has 0 fully saturated rings. The van der Waals surface area contributed by atoms with Crippen LogP contribution in [-0.2, 0) is 6.54 Å². The Morgan fingerprint density at radius 3 is 2.52 bits per heavy atom. The summed E-state index contributed by atoms with van der Waals surface area (Å²) < 4.78 is 7.22. The molecule has 0 unspecified atom stereocenters. The van der Waals surface area contributed by atoms with Gasteiger partial charge in [0.2, 0.25) is 0 Å². The van der Waals surface area contributed by atoms with Crippen LogP contribution in [0.5, 0.6) is 5.75 Å². The lowest BCUT2D eigenvalue weighted by Gasteiger charge is -2.10. The average Bonchev–Trinajstić information content (AvgIpc) is 3.07. The van der Waals surface area contributed by atoms with Gasteiger partial charge in [-0.1, -0.05) is 29.3 Å². The van der Waals surface area contributed by atoms with E-state index in [0.717, 1.165) is 22.7 Å². The predicted molar refractivity (Wildman–Crippen MR) is 115 cm³/mol. The first-order valence-corrected chi connectivity index (χ1v) is 9.47. The second-order valence-electron chi connectivity index (χ2n) is 5.71. The van der Waals surface area contributed by atoms with Crippen LogP contribution in [0.1, 0.15) is 12.5 Å². The zero-order valence-electron chi connectivity index (χ0n) is 14.6. The maximum Gasteiger partial charge on any atom is 0.175 e. The molecule has 27 heavy (non-hydrogen) atoms. The second kappa shape index (κ2) is 9.08. The van der Waals surface area contributed by atoms with E-state index in [4.69, 9.17) is 40.2 Å². The van der Waals surface area contributed by atoms with Crippen molar-refractivity contribution < 1.29 is 4.74 Å². The summed E-state index contributed by atoms with van der Waals surface area (Å²) in [6, 6.07) is 13.1. The largest absolute Gasteiger partial charge is 0.494 e. The zero-order valence-corrected chi connectivity index (χ0v) is 16.9. The van der Waals surface area contributed by atoms with Gasteiger partial charge in [-0.05, 0) is 61.1 Å². The SMILES string of the molecule is CCOc1ccc(NC(=S)Nc2cnn(Cc3ccc(Cl)c(Cl)c3)c2)cc1. The van der Waals surface area contributed by atoms with Crippen LogP contribution in [0.15, 0.2) is 54.9 Å². The number of thiocarbonyl (C=S) groups is 1. The highest BCUT2D eigenvalue weighted by Gasteiger charge is 2.05. The summed E-state index contributed by atoms with van der Waals surface area (Å²) in [5, 5.41) is 12.1. The third-order valence-electron chi connectivity index (χ3n) is 3.64. The Kier molecular flexibility index (Phi) is 6.55. The molecule has 1 heterocycles. The van der Waals surface area contributed by atoms with Crippen molar-refractivity contribution in [3.63, 3.8) is 0 Å². The number of nitrogens with zero attached hydrogens (tertiary/aromatic N) is 2. The molecule has 0 aliphatic rings. The monoisotopic (exact) mass is 420 g/mol. The average molecular weight is 421 g/mol. The minimum absolute atomic E-state index is 0.480. The van der Waals surface area contributed by atoms with Crippen LogP contribution in [0.3, 0.4) is 0 Å². The molecule has 0 atom stereocenters. The van der Waals surface area contributed by atoms with Gasteiger partial charge >= 0.3 is 0 Å². The number of rotatable bonds is 6. The number of hydrogen-bond donors (Lipinski definition) is 2. The lowest BCUT2D eigenvalue weighted by Crippen LogP contribution is -2.18. The summed E-state index contributed by atoms with van der Waals surface area (Å²) in [5.41, 5.74) is 2.67. The van der Waals surface area contributed by atoms with Crippen LogP contribution in [-0.4, -0.2) is 21.5 Å². The van der Waals surface area contributed by atoms with E-state index in [2.05, 4.69) is 15.7 Å². The summed E-state index contributed by atoms with van der Waals surface area (Å²) in [4.78, 5) is 0. The van der Waals surface area contributed by atoms with Gasteiger partial charge in [-0.2, -0.15) is 5.10 Å². The van der Waals surface area contributed by atoms with Crippen molar-refractivity contribution in [2.45, 2.75) is 13.5 Å². The van der Waals surface area contributed by atoms with Gasteiger partial charge in [0.05, 0.1) is 35.1 Å². The summed E-state index contributed by atoms with van der Waals surface area (Å²) in [6.45, 7) is 3.17. The van der Waals surface area contributed by atoms with Crippen molar-refractivity contribution in [2.75, 3.05) is 17.2 Å². The zero-order chi connectivity index (χ0) is 19.2. The quantitative estimate of drug-likeness (QED) is 0.519. The van der Waals surface area contributed by atoms with Crippen molar-refractivity contribution in [3.05, 3.63) is 70.5 Å². The van der Waals surface area contributed by atoms with E-state index >= 15 is 0 Å². The van der Waals surface area contributed by atoms with Crippen molar-refractivity contribution >= 4 is 51.9 Å². The lowest BCUT2D eigenvalue weighted by molar-refractivity contribution is 0.340. The summed E-state index contributed by atoms with van der Waals surface area (Å²) >= 11 is 17.3. The normalized spacial score (nSPS) is 10.5. The Morgan fingerprint density at radius 1 is 1.07 bits per heavy atom. The minimum Gasteiger partial charge on any atom is -0.494 e. The van der Waals surface area contributed by atoms with Crippen LogP contribution >= 0.6 is 35.4 Å².